The van der Waals surface area contributed by atoms with Crippen molar-refractivity contribution in [2.45, 2.75) is 45.5 Å². The van der Waals surface area contributed by atoms with Crippen molar-refractivity contribution in [3.63, 3.8) is 0 Å². The molecule has 7 heteroatoms. The van der Waals surface area contributed by atoms with Crippen molar-refractivity contribution in [2.75, 3.05) is 19.6 Å². The van der Waals surface area contributed by atoms with Gasteiger partial charge in [0.05, 0.1) is 5.56 Å². The zero-order valence-corrected chi connectivity index (χ0v) is 21.3. The topological polar surface area (TPSA) is 23.6 Å². The summed E-state index contributed by atoms with van der Waals surface area (Å²) in [4.78, 5) is 17.5. The molecule has 37 heavy (non-hydrogen) atoms. The summed E-state index contributed by atoms with van der Waals surface area (Å²) >= 11 is 0. The molecule has 0 aromatic heterocycles. The predicted molar refractivity (Wildman–Crippen MR) is 137 cm³/mol. The van der Waals surface area contributed by atoms with Gasteiger partial charge in [0.2, 0.25) is 0 Å². The van der Waals surface area contributed by atoms with Crippen LogP contribution in [0.5, 0.6) is 0 Å². The summed E-state index contributed by atoms with van der Waals surface area (Å²) in [5, 5.41) is 0. The van der Waals surface area contributed by atoms with Crippen LogP contribution in [0.3, 0.4) is 0 Å². The fourth-order valence-electron chi connectivity index (χ4n) is 5.23. The summed E-state index contributed by atoms with van der Waals surface area (Å²) in [6, 6.07) is 19.1. The normalized spacial score (nSPS) is 18.4. The van der Waals surface area contributed by atoms with Gasteiger partial charge in [-0.25, -0.2) is 4.39 Å². The Morgan fingerprint density at radius 2 is 1.62 bits per heavy atom. The SMILES string of the molecule is Cc1ccccc1[C@@H]1CN(Cc2ccc(C(F)(F)F)cc2)C[C@H]1CN(C(=O)c1ccc(F)cc1)C(C)C. The Bertz CT molecular complexity index is 1210. The summed E-state index contributed by atoms with van der Waals surface area (Å²) in [6.45, 7) is 8.53. The van der Waals surface area contributed by atoms with E-state index in [2.05, 4.69) is 24.0 Å². The summed E-state index contributed by atoms with van der Waals surface area (Å²) in [5.41, 5.74) is 3.01. The Kier molecular flexibility index (Phi) is 8.02. The lowest BCUT2D eigenvalue weighted by molar-refractivity contribution is -0.137. The number of likely N-dealkylation sites (tertiary alicyclic amines) is 1. The quantitative estimate of drug-likeness (QED) is 0.321. The number of hydrogen-bond acceptors (Lipinski definition) is 2. The molecule has 0 bridgehead atoms. The number of alkyl halides is 3. The van der Waals surface area contributed by atoms with E-state index in [0.29, 0.717) is 25.2 Å². The van der Waals surface area contributed by atoms with Gasteiger partial charge in [-0.15, -0.1) is 0 Å². The molecule has 0 saturated carbocycles. The summed E-state index contributed by atoms with van der Waals surface area (Å²) in [7, 11) is 0. The van der Waals surface area contributed by atoms with Crippen LogP contribution in [0.25, 0.3) is 0 Å². The van der Waals surface area contributed by atoms with E-state index in [1.54, 1.807) is 0 Å². The Morgan fingerprint density at radius 1 is 0.973 bits per heavy atom. The average Bonchev–Trinajstić information content (AvgIpc) is 3.24. The van der Waals surface area contributed by atoms with Crippen molar-refractivity contribution in [1.29, 1.82) is 0 Å². The molecule has 0 N–H and O–H groups in total. The molecule has 0 radical (unpaired) electrons. The lowest BCUT2D eigenvalue weighted by atomic mass is 9.86. The zero-order valence-electron chi connectivity index (χ0n) is 21.3. The highest BCUT2D eigenvalue weighted by atomic mass is 19.4. The van der Waals surface area contributed by atoms with Gasteiger partial charge in [-0.05, 0) is 79.8 Å². The van der Waals surface area contributed by atoms with E-state index in [-0.39, 0.29) is 29.6 Å². The van der Waals surface area contributed by atoms with Crippen LogP contribution in [0, 0.1) is 18.7 Å². The van der Waals surface area contributed by atoms with Crippen molar-refractivity contribution in [3.8, 4) is 0 Å². The number of aryl methyl sites for hydroxylation is 1. The van der Waals surface area contributed by atoms with E-state index in [9.17, 15) is 22.4 Å². The maximum Gasteiger partial charge on any atom is 0.416 e. The fourth-order valence-corrected chi connectivity index (χ4v) is 5.23. The number of halogens is 4. The standard InChI is InChI=1S/C30H32F4N2O/c1-20(2)36(29(37)23-10-14-26(31)15-11-23)18-24-17-35(19-28(24)27-7-5-4-6-21(27)3)16-22-8-12-25(13-9-22)30(32,33)34/h4-15,20,24,28H,16-19H2,1-3H3/t24-,28+/m0/s1. The van der Waals surface area contributed by atoms with Gasteiger partial charge in [0, 0.05) is 43.7 Å². The van der Waals surface area contributed by atoms with Crippen LogP contribution in [-0.4, -0.2) is 41.4 Å². The Hall–Kier alpha value is -3.19. The molecular weight excluding hydrogens is 480 g/mol. The highest BCUT2D eigenvalue weighted by Gasteiger charge is 2.37. The first-order chi connectivity index (χ1) is 17.5. The molecule has 0 aliphatic carbocycles. The predicted octanol–water partition coefficient (Wildman–Crippen LogP) is 6.92. The lowest BCUT2D eigenvalue weighted by Gasteiger charge is -2.32. The van der Waals surface area contributed by atoms with Gasteiger partial charge in [0.1, 0.15) is 5.82 Å². The van der Waals surface area contributed by atoms with Crippen LogP contribution < -0.4 is 0 Å². The minimum atomic E-state index is -4.36. The maximum atomic E-state index is 13.4. The number of amides is 1. The van der Waals surface area contributed by atoms with Crippen LogP contribution in [0.4, 0.5) is 17.6 Å². The number of benzene rings is 3. The zero-order chi connectivity index (χ0) is 26.7. The molecular formula is C30H32F4N2O. The molecule has 1 aliphatic rings. The first-order valence-corrected chi connectivity index (χ1v) is 12.5. The van der Waals surface area contributed by atoms with E-state index < -0.39 is 11.7 Å². The van der Waals surface area contributed by atoms with Gasteiger partial charge in [-0.3, -0.25) is 9.69 Å². The smallest absolute Gasteiger partial charge is 0.336 e. The largest absolute Gasteiger partial charge is 0.416 e. The third-order valence-corrected chi connectivity index (χ3v) is 7.20. The second-order valence-electron chi connectivity index (χ2n) is 10.2. The minimum Gasteiger partial charge on any atom is -0.336 e. The first-order valence-electron chi connectivity index (χ1n) is 12.5. The Morgan fingerprint density at radius 3 is 2.22 bits per heavy atom. The van der Waals surface area contributed by atoms with E-state index in [4.69, 9.17) is 0 Å². The maximum absolute atomic E-state index is 13.4. The molecule has 1 saturated heterocycles. The highest BCUT2D eigenvalue weighted by molar-refractivity contribution is 5.94. The van der Waals surface area contributed by atoms with E-state index in [0.717, 1.165) is 24.2 Å². The molecule has 3 nitrogen and oxygen atoms in total. The summed E-state index contributed by atoms with van der Waals surface area (Å²) in [6.07, 6.45) is -4.36. The molecule has 196 valence electrons. The average molecular weight is 513 g/mol. The number of rotatable bonds is 7. The van der Waals surface area contributed by atoms with Crippen LogP contribution in [0.1, 0.15) is 52.4 Å². The number of hydrogen-bond donors (Lipinski definition) is 0. The van der Waals surface area contributed by atoms with Gasteiger partial charge in [-0.2, -0.15) is 13.2 Å². The molecule has 1 aliphatic heterocycles. The van der Waals surface area contributed by atoms with Crippen molar-refractivity contribution in [1.82, 2.24) is 9.80 Å². The van der Waals surface area contributed by atoms with Crippen LogP contribution in [-0.2, 0) is 12.7 Å². The number of nitrogens with zero attached hydrogens (tertiary/aromatic N) is 2. The van der Waals surface area contributed by atoms with Crippen molar-refractivity contribution >= 4 is 5.91 Å². The first kappa shape index (κ1) is 26.9. The Labute approximate surface area is 215 Å². The second-order valence-corrected chi connectivity index (χ2v) is 10.2. The molecule has 0 unspecified atom stereocenters. The van der Waals surface area contributed by atoms with Crippen molar-refractivity contribution in [2.24, 2.45) is 5.92 Å². The monoisotopic (exact) mass is 512 g/mol. The summed E-state index contributed by atoms with van der Waals surface area (Å²) in [5.74, 6) is -0.234. The molecule has 4 rings (SSSR count). The van der Waals surface area contributed by atoms with Crippen LogP contribution in [0.15, 0.2) is 72.8 Å². The van der Waals surface area contributed by atoms with Gasteiger partial charge < -0.3 is 4.90 Å². The number of carbonyl (C=O) groups is 1. The molecule has 3 aromatic rings. The van der Waals surface area contributed by atoms with Crippen molar-refractivity contribution < 1.29 is 22.4 Å². The van der Waals surface area contributed by atoms with Crippen LogP contribution >= 0.6 is 0 Å². The van der Waals surface area contributed by atoms with E-state index in [1.807, 2.05) is 30.9 Å². The molecule has 3 aromatic carbocycles. The van der Waals surface area contributed by atoms with Gasteiger partial charge in [0.25, 0.3) is 5.91 Å². The molecule has 2 atom stereocenters. The number of carbonyl (C=O) groups excluding carboxylic acids is 1. The highest BCUT2D eigenvalue weighted by Crippen LogP contribution is 2.36. The van der Waals surface area contributed by atoms with Gasteiger partial charge >= 0.3 is 6.18 Å². The van der Waals surface area contributed by atoms with Crippen molar-refractivity contribution in [3.05, 3.63) is 106 Å². The molecule has 0 spiro atoms. The van der Waals surface area contributed by atoms with Gasteiger partial charge in [-0.1, -0.05) is 36.4 Å². The fraction of sp³-hybridized carbons (Fsp3) is 0.367. The molecule has 1 fully saturated rings. The molecule has 1 heterocycles. The Balaban J connectivity index is 1.57. The third-order valence-electron chi connectivity index (χ3n) is 7.20. The molecule has 1 amide bonds. The van der Waals surface area contributed by atoms with E-state index >= 15 is 0 Å². The van der Waals surface area contributed by atoms with E-state index in [1.165, 1.54) is 47.5 Å². The third kappa shape index (κ3) is 6.39. The van der Waals surface area contributed by atoms with Gasteiger partial charge in [0.15, 0.2) is 0 Å². The minimum absolute atomic E-state index is 0.0564. The second kappa shape index (κ2) is 11.1. The van der Waals surface area contributed by atoms with Crippen LogP contribution in [0.2, 0.25) is 0 Å². The summed E-state index contributed by atoms with van der Waals surface area (Å²) < 4.78 is 52.4. The lowest BCUT2D eigenvalue weighted by Crippen LogP contribution is -2.42.